The molecule has 0 spiro atoms. The molecule has 1 aromatic carbocycles. The predicted molar refractivity (Wildman–Crippen MR) is 76.8 cm³/mol. The third-order valence-electron chi connectivity index (χ3n) is 5.15. The molecule has 1 aromatic rings. The summed E-state index contributed by atoms with van der Waals surface area (Å²) in [6, 6.07) is 8.48. The number of fused-ring (bicyclic) bond motifs is 3. The molecule has 2 saturated heterocycles. The lowest BCUT2D eigenvalue weighted by atomic mass is 9.94. The summed E-state index contributed by atoms with van der Waals surface area (Å²) in [5.41, 5.74) is 7.49. The van der Waals surface area contributed by atoms with E-state index in [4.69, 9.17) is 15.2 Å². The number of nitrogens with zero attached hydrogens (tertiary/aromatic N) is 1. The van der Waals surface area contributed by atoms with Crippen LogP contribution in [0.15, 0.2) is 18.2 Å². The maximum Gasteiger partial charge on any atom is 0.231 e. The maximum absolute atomic E-state index is 6.17. The van der Waals surface area contributed by atoms with E-state index in [1.165, 1.54) is 18.4 Å². The Morgan fingerprint density at radius 3 is 2.60 bits per heavy atom. The van der Waals surface area contributed by atoms with Gasteiger partial charge in [0.1, 0.15) is 0 Å². The smallest absolute Gasteiger partial charge is 0.231 e. The summed E-state index contributed by atoms with van der Waals surface area (Å²) in [5, 5.41) is 0. The molecule has 0 aliphatic carbocycles. The normalized spacial score (nSPS) is 33.4. The number of hydrogen-bond donors (Lipinski definition) is 1. The first kappa shape index (κ1) is 12.5. The van der Waals surface area contributed by atoms with Crippen LogP contribution in [0.4, 0.5) is 0 Å². The molecule has 4 heteroatoms. The van der Waals surface area contributed by atoms with Gasteiger partial charge in [0.25, 0.3) is 0 Å². The first-order valence-electron chi connectivity index (χ1n) is 7.65. The van der Waals surface area contributed by atoms with Crippen LogP contribution in [0.2, 0.25) is 0 Å². The van der Waals surface area contributed by atoms with Gasteiger partial charge in [-0.15, -0.1) is 0 Å². The average Bonchev–Trinajstić information content (AvgIpc) is 3.00. The highest BCUT2D eigenvalue weighted by Crippen LogP contribution is 2.42. The first-order chi connectivity index (χ1) is 9.72. The molecule has 4 nitrogen and oxygen atoms in total. The molecule has 0 aromatic heterocycles. The van der Waals surface area contributed by atoms with E-state index < -0.39 is 0 Å². The van der Waals surface area contributed by atoms with Gasteiger partial charge in [-0.25, -0.2) is 0 Å². The Bertz CT molecular complexity index is 505. The minimum absolute atomic E-state index is 0.344. The molecule has 2 N–H and O–H groups in total. The van der Waals surface area contributed by atoms with Crippen LogP contribution in [-0.4, -0.2) is 29.8 Å². The topological polar surface area (TPSA) is 47.7 Å². The van der Waals surface area contributed by atoms with Crippen LogP contribution in [0.1, 0.15) is 44.2 Å². The highest BCUT2D eigenvalue weighted by Gasteiger charge is 2.42. The van der Waals surface area contributed by atoms with E-state index in [1.54, 1.807) is 0 Å². The fourth-order valence-corrected chi connectivity index (χ4v) is 4.23. The van der Waals surface area contributed by atoms with Gasteiger partial charge >= 0.3 is 0 Å². The van der Waals surface area contributed by atoms with Crippen LogP contribution in [0, 0.1) is 0 Å². The summed E-state index contributed by atoms with van der Waals surface area (Å²) in [7, 11) is 0. The zero-order valence-corrected chi connectivity index (χ0v) is 11.9. The van der Waals surface area contributed by atoms with Gasteiger partial charge in [-0.3, -0.25) is 4.90 Å². The summed E-state index contributed by atoms with van der Waals surface area (Å²) in [6.45, 7) is 2.65. The Balaban J connectivity index is 1.60. The molecule has 0 radical (unpaired) electrons. The molecular formula is C16H22N2O2. The second-order valence-electron chi connectivity index (χ2n) is 6.35. The van der Waals surface area contributed by atoms with Crippen LogP contribution in [-0.2, 0) is 0 Å². The molecule has 3 aliphatic rings. The van der Waals surface area contributed by atoms with Crippen molar-refractivity contribution in [3.8, 4) is 11.5 Å². The number of nitrogens with two attached hydrogens (primary N) is 1. The second-order valence-corrected chi connectivity index (χ2v) is 6.35. The lowest BCUT2D eigenvalue weighted by molar-refractivity contribution is 0.0853. The second kappa shape index (κ2) is 4.64. The van der Waals surface area contributed by atoms with Crippen molar-refractivity contribution in [1.82, 2.24) is 4.90 Å². The minimum atomic E-state index is 0.344. The first-order valence-corrected chi connectivity index (χ1v) is 7.65. The van der Waals surface area contributed by atoms with E-state index in [0.29, 0.717) is 31.0 Å². The van der Waals surface area contributed by atoms with Gasteiger partial charge in [-0.2, -0.15) is 0 Å². The number of ether oxygens (including phenoxy) is 2. The lowest BCUT2D eigenvalue weighted by Crippen LogP contribution is -2.48. The molecule has 0 saturated carbocycles. The van der Waals surface area contributed by atoms with Gasteiger partial charge in [0.05, 0.1) is 0 Å². The molecule has 20 heavy (non-hydrogen) atoms. The van der Waals surface area contributed by atoms with Crippen LogP contribution in [0.5, 0.6) is 11.5 Å². The summed E-state index contributed by atoms with van der Waals surface area (Å²) in [5.74, 6) is 1.75. The summed E-state index contributed by atoms with van der Waals surface area (Å²) >= 11 is 0. The summed E-state index contributed by atoms with van der Waals surface area (Å²) < 4.78 is 10.9. The molecule has 4 rings (SSSR count). The van der Waals surface area contributed by atoms with Crippen molar-refractivity contribution in [3.63, 3.8) is 0 Å². The van der Waals surface area contributed by atoms with Crippen molar-refractivity contribution < 1.29 is 9.47 Å². The zero-order valence-electron chi connectivity index (χ0n) is 11.9. The Morgan fingerprint density at radius 2 is 1.85 bits per heavy atom. The average molecular weight is 274 g/mol. The largest absolute Gasteiger partial charge is 0.454 e. The third-order valence-corrected chi connectivity index (χ3v) is 5.15. The van der Waals surface area contributed by atoms with Gasteiger partial charge in [0.15, 0.2) is 11.5 Å². The highest BCUT2D eigenvalue weighted by molar-refractivity contribution is 5.45. The van der Waals surface area contributed by atoms with Crippen molar-refractivity contribution in [2.45, 2.75) is 56.8 Å². The lowest BCUT2D eigenvalue weighted by Gasteiger charge is -2.41. The van der Waals surface area contributed by atoms with E-state index in [0.717, 1.165) is 24.3 Å². The maximum atomic E-state index is 6.17. The number of piperidine rings is 1. The minimum Gasteiger partial charge on any atom is -0.454 e. The van der Waals surface area contributed by atoms with E-state index in [1.807, 2.05) is 6.07 Å². The van der Waals surface area contributed by atoms with Crippen LogP contribution >= 0.6 is 0 Å². The van der Waals surface area contributed by atoms with Crippen molar-refractivity contribution in [1.29, 1.82) is 0 Å². The van der Waals surface area contributed by atoms with Crippen molar-refractivity contribution in [2.24, 2.45) is 5.73 Å². The number of hydrogen-bond acceptors (Lipinski definition) is 4. The van der Waals surface area contributed by atoms with E-state index in [9.17, 15) is 0 Å². The van der Waals surface area contributed by atoms with Gasteiger partial charge in [0, 0.05) is 24.2 Å². The standard InChI is InChI=1S/C16H22N2O2/c1-10(11-2-5-15-16(6-11)20-9-19-15)18-13-3-4-14(18)8-12(17)7-13/h2,5-6,10,12-14H,3-4,7-9,17H2,1H3. The van der Waals surface area contributed by atoms with Gasteiger partial charge < -0.3 is 15.2 Å². The third kappa shape index (κ3) is 1.90. The summed E-state index contributed by atoms with van der Waals surface area (Å²) in [4.78, 5) is 2.68. The molecule has 108 valence electrons. The Labute approximate surface area is 119 Å². The van der Waals surface area contributed by atoms with Crippen molar-refractivity contribution >= 4 is 0 Å². The predicted octanol–water partition coefficient (Wildman–Crippen LogP) is 2.43. The van der Waals surface area contributed by atoms with Gasteiger partial charge in [-0.1, -0.05) is 6.07 Å². The fourth-order valence-electron chi connectivity index (χ4n) is 4.23. The SMILES string of the molecule is CC(c1ccc2c(c1)OCO2)N1C2CCC1CC(N)C2. The van der Waals surface area contributed by atoms with E-state index in [-0.39, 0.29) is 0 Å². The van der Waals surface area contributed by atoms with Crippen molar-refractivity contribution in [3.05, 3.63) is 23.8 Å². The number of rotatable bonds is 2. The quantitative estimate of drug-likeness (QED) is 0.900. The molecule has 2 bridgehead atoms. The van der Waals surface area contributed by atoms with Crippen LogP contribution < -0.4 is 15.2 Å². The molecule has 3 heterocycles. The Kier molecular flexibility index (Phi) is 2.89. The van der Waals surface area contributed by atoms with Crippen LogP contribution in [0.3, 0.4) is 0 Å². The Hall–Kier alpha value is -1.26. The van der Waals surface area contributed by atoms with E-state index >= 15 is 0 Å². The molecule has 2 fully saturated rings. The fraction of sp³-hybridized carbons (Fsp3) is 0.625. The molecule has 3 unspecified atom stereocenters. The number of benzene rings is 1. The monoisotopic (exact) mass is 274 g/mol. The van der Waals surface area contributed by atoms with Gasteiger partial charge in [0.2, 0.25) is 6.79 Å². The van der Waals surface area contributed by atoms with Crippen LogP contribution in [0.25, 0.3) is 0 Å². The summed E-state index contributed by atoms with van der Waals surface area (Å²) in [6.07, 6.45) is 4.89. The molecule has 0 amide bonds. The molecular weight excluding hydrogens is 252 g/mol. The van der Waals surface area contributed by atoms with Crippen molar-refractivity contribution in [2.75, 3.05) is 6.79 Å². The highest BCUT2D eigenvalue weighted by atomic mass is 16.7. The zero-order chi connectivity index (χ0) is 13.7. The molecule has 3 atom stereocenters. The Morgan fingerprint density at radius 1 is 1.15 bits per heavy atom. The van der Waals surface area contributed by atoms with E-state index in [2.05, 4.69) is 24.0 Å². The molecule has 3 aliphatic heterocycles. The van der Waals surface area contributed by atoms with Gasteiger partial charge in [-0.05, 0) is 50.3 Å².